The zero-order valence-electron chi connectivity index (χ0n) is 12.5. The highest BCUT2D eigenvalue weighted by Gasteiger charge is 2.52. The van der Waals surface area contributed by atoms with Gasteiger partial charge in [-0.25, -0.2) is 4.98 Å². The summed E-state index contributed by atoms with van der Waals surface area (Å²) in [4.78, 5) is 3.97. The van der Waals surface area contributed by atoms with E-state index in [1.165, 1.54) is 12.5 Å². The van der Waals surface area contributed by atoms with Gasteiger partial charge in [0.1, 0.15) is 0 Å². The van der Waals surface area contributed by atoms with Crippen LogP contribution in [0.1, 0.15) is 27.7 Å². The molecule has 0 unspecified atom stereocenters. The number of hydrogen-bond acceptors (Lipinski definition) is 4. The van der Waals surface area contributed by atoms with Crippen LogP contribution in [-0.4, -0.2) is 23.3 Å². The molecule has 2 aromatic rings. The molecule has 2 aromatic heterocycles. The fraction of sp³-hybridized carbons (Fsp3) is 0.400. The second-order valence-electron chi connectivity index (χ2n) is 6.18. The minimum atomic E-state index is -0.749. The van der Waals surface area contributed by atoms with Crippen molar-refractivity contribution < 1.29 is 18.1 Å². The molecule has 0 aliphatic carbocycles. The van der Waals surface area contributed by atoms with Gasteiger partial charge in [-0.15, -0.1) is 0 Å². The molecule has 0 saturated carbocycles. The summed E-state index contributed by atoms with van der Waals surface area (Å²) in [5, 5.41) is 0. The first kappa shape index (κ1) is 14.3. The first-order valence-corrected chi connectivity index (χ1v) is 6.85. The van der Waals surface area contributed by atoms with E-state index in [4.69, 9.17) is 13.7 Å². The van der Waals surface area contributed by atoms with Gasteiger partial charge in [0.15, 0.2) is 0 Å². The largest absolute Gasteiger partial charge is 0.499 e. The van der Waals surface area contributed by atoms with Crippen molar-refractivity contribution in [1.29, 1.82) is 0 Å². The molecular formula is C15H17BFNO3. The van der Waals surface area contributed by atoms with Crippen molar-refractivity contribution in [3.63, 3.8) is 0 Å². The van der Waals surface area contributed by atoms with E-state index >= 15 is 0 Å². The van der Waals surface area contributed by atoms with Crippen molar-refractivity contribution in [2.75, 3.05) is 0 Å². The topological polar surface area (TPSA) is 44.5 Å². The lowest BCUT2D eigenvalue weighted by Gasteiger charge is -2.32. The lowest BCUT2D eigenvalue weighted by molar-refractivity contribution is 0.00578. The molecule has 1 aliphatic rings. The smallest absolute Gasteiger partial charge is 0.472 e. The van der Waals surface area contributed by atoms with E-state index in [1.807, 2.05) is 27.7 Å². The number of aromatic nitrogens is 1. The normalized spacial score (nSPS) is 20.0. The highest BCUT2D eigenvalue weighted by molar-refractivity contribution is 6.62. The van der Waals surface area contributed by atoms with Crippen LogP contribution in [0.4, 0.5) is 4.39 Å². The Bertz CT molecular complexity index is 639. The van der Waals surface area contributed by atoms with Crippen molar-refractivity contribution in [1.82, 2.24) is 4.98 Å². The van der Waals surface area contributed by atoms with Crippen LogP contribution >= 0.6 is 0 Å². The first-order chi connectivity index (χ1) is 9.80. The number of furan rings is 1. The molecule has 0 bridgehead atoms. The van der Waals surface area contributed by atoms with Gasteiger partial charge in [0.05, 0.1) is 29.4 Å². The van der Waals surface area contributed by atoms with E-state index in [9.17, 15) is 4.39 Å². The molecule has 0 aromatic carbocycles. The molecule has 0 spiro atoms. The summed E-state index contributed by atoms with van der Waals surface area (Å²) < 4.78 is 31.0. The molecule has 0 amide bonds. The highest BCUT2D eigenvalue weighted by atomic mass is 19.1. The van der Waals surface area contributed by atoms with Crippen LogP contribution in [0.2, 0.25) is 0 Å². The van der Waals surface area contributed by atoms with Gasteiger partial charge in [-0.3, -0.25) is 0 Å². The summed E-state index contributed by atoms with van der Waals surface area (Å²) in [6.07, 6.45) is 3.05. The van der Waals surface area contributed by atoms with E-state index in [0.717, 1.165) is 5.56 Å². The minimum Gasteiger partial charge on any atom is -0.472 e. The second-order valence-corrected chi connectivity index (χ2v) is 6.18. The van der Waals surface area contributed by atoms with Gasteiger partial charge in [-0.2, -0.15) is 4.39 Å². The molecule has 1 aliphatic heterocycles. The Kier molecular flexibility index (Phi) is 3.18. The van der Waals surface area contributed by atoms with E-state index in [0.29, 0.717) is 11.2 Å². The molecule has 110 valence electrons. The molecule has 1 saturated heterocycles. The number of halogens is 1. The Morgan fingerprint density at radius 2 is 1.71 bits per heavy atom. The van der Waals surface area contributed by atoms with Gasteiger partial charge < -0.3 is 13.7 Å². The lowest BCUT2D eigenvalue weighted by Crippen LogP contribution is -2.41. The number of rotatable bonds is 2. The summed E-state index contributed by atoms with van der Waals surface area (Å²) >= 11 is 0. The van der Waals surface area contributed by atoms with Gasteiger partial charge >= 0.3 is 7.12 Å². The third-order valence-electron chi connectivity index (χ3n) is 4.20. The van der Waals surface area contributed by atoms with Crippen LogP contribution in [0.25, 0.3) is 11.3 Å². The Hall–Kier alpha value is -1.66. The van der Waals surface area contributed by atoms with E-state index in [2.05, 4.69) is 4.98 Å². The van der Waals surface area contributed by atoms with Crippen molar-refractivity contribution >= 4 is 12.6 Å². The van der Waals surface area contributed by atoms with Crippen LogP contribution in [0.3, 0.4) is 0 Å². The molecule has 3 heterocycles. The average molecular weight is 289 g/mol. The van der Waals surface area contributed by atoms with Gasteiger partial charge in [0.2, 0.25) is 5.95 Å². The second kappa shape index (κ2) is 4.68. The van der Waals surface area contributed by atoms with Crippen molar-refractivity contribution in [3.8, 4) is 11.3 Å². The molecular weight excluding hydrogens is 272 g/mol. The van der Waals surface area contributed by atoms with Gasteiger partial charge in [0.25, 0.3) is 0 Å². The van der Waals surface area contributed by atoms with Gasteiger partial charge in [0, 0.05) is 11.0 Å². The summed E-state index contributed by atoms with van der Waals surface area (Å²) in [5.41, 5.74) is 0.539. The molecule has 0 atom stereocenters. The summed E-state index contributed by atoms with van der Waals surface area (Å²) in [6.45, 7) is 7.71. The molecule has 1 fully saturated rings. The maximum atomic E-state index is 14.3. The predicted octanol–water partition coefficient (Wildman–Crippen LogP) is 2.78. The Balaban J connectivity index is 1.91. The predicted molar refractivity (Wildman–Crippen MR) is 77.6 cm³/mol. The Morgan fingerprint density at radius 1 is 1.05 bits per heavy atom. The molecule has 6 heteroatoms. The quantitative estimate of drug-likeness (QED) is 0.630. The minimum absolute atomic E-state index is 0.306. The van der Waals surface area contributed by atoms with Crippen molar-refractivity contribution in [2.45, 2.75) is 38.9 Å². The number of nitrogens with zero attached hydrogens (tertiary/aromatic N) is 1. The third kappa shape index (κ3) is 2.38. The average Bonchev–Trinajstić information content (AvgIpc) is 2.96. The van der Waals surface area contributed by atoms with Crippen molar-refractivity contribution in [2.24, 2.45) is 0 Å². The van der Waals surface area contributed by atoms with E-state index < -0.39 is 24.3 Å². The summed E-state index contributed by atoms with van der Waals surface area (Å²) in [6, 6.07) is 5.11. The SMILES string of the molecule is CC1(C)OB(c2ccc(-c3ccoc3)nc2F)OC1(C)C. The fourth-order valence-electron chi connectivity index (χ4n) is 2.16. The highest BCUT2D eigenvalue weighted by Crippen LogP contribution is 2.36. The Morgan fingerprint density at radius 3 is 2.24 bits per heavy atom. The molecule has 21 heavy (non-hydrogen) atoms. The van der Waals surface area contributed by atoms with Gasteiger partial charge in [-0.1, -0.05) is 6.07 Å². The molecule has 4 nitrogen and oxygen atoms in total. The number of pyridine rings is 1. The zero-order chi connectivity index (χ0) is 15.3. The van der Waals surface area contributed by atoms with Gasteiger partial charge in [-0.05, 0) is 39.8 Å². The Labute approximate surface area is 123 Å². The van der Waals surface area contributed by atoms with E-state index in [-0.39, 0.29) is 0 Å². The maximum absolute atomic E-state index is 14.3. The van der Waals surface area contributed by atoms with Crippen LogP contribution in [-0.2, 0) is 9.31 Å². The number of hydrogen-bond donors (Lipinski definition) is 0. The van der Waals surface area contributed by atoms with Crippen molar-refractivity contribution in [3.05, 3.63) is 36.7 Å². The lowest BCUT2D eigenvalue weighted by atomic mass is 9.80. The zero-order valence-corrected chi connectivity index (χ0v) is 12.5. The monoisotopic (exact) mass is 289 g/mol. The first-order valence-electron chi connectivity index (χ1n) is 6.85. The molecule has 3 rings (SSSR count). The van der Waals surface area contributed by atoms with Crippen LogP contribution in [0.5, 0.6) is 0 Å². The standard InChI is InChI=1S/C15H17BFNO3/c1-14(2)15(3,4)21-16(20-14)11-5-6-12(18-13(11)17)10-7-8-19-9-10/h5-9H,1-4H3. The maximum Gasteiger partial charge on any atom is 0.499 e. The summed E-state index contributed by atoms with van der Waals surface area (Å²) in [7, 11) is -0.749. The van der Waals surface area contributed by atoms with Crippen LogP contribution < -0.4 is 5.46 Å². The van der Waals surface area contributed by atoms with Crippen LogP contribution in [0.15, 0.2) is 35.1 Å². The molecule has 0 N–H and O–H groups in total. The third-order valence-corrected chi connectivity index (χ3v) is 4.20. The van der Waals surface area contributed by atoms with E-state index in [1.54, 1.807) is 18.2 Å². The summed E-state index contributed by atoms with van der Waals surface area (Å²) in [5.74, 6) is -0.591. The fourth-order valence-corrected chi connectivity index (χ4v) is 2.16. The van der Waals surface area contributed by atoms with Crippen LogP contribution in [0, 0.1) is 5.95 Å². The molecule has 0 radical (unpaired) electrons.